The van der Waals surface area contributed by atoms with Gasteiger partial charge in [0.2, 0.25) is 0 Å². The summed E-state index contributed by atoms with van der Waals surface area (Å²) in [4.78, 5) is 20.8. The van der Waals surface area contributed by atoms with Crippen LogP contribution in [0.15, 0.2) is 54.6 Å². The topological polar surface area (TPSA) is 44.6 Å². The number of amides is 1. The number of nitrogens with zero attached hydrogens (tertiary/aromatic N) is 5. The zero-order valence-electron chi connectivity index (χ0n) is 23.3. The minimum Gasteiger partial charge on any atom is -0.354 e. The van der Waals surface area contributed by atoms with E-state index in [1.165, 1.54) is 5.56 Å². The summed E-state index contributed by atoms with van der Waals surface area (Å²) in [5.41, 5.74) is 5.20. The van der Waals surface area contributed by atoms with E-state index in [4.69, 9.17) is 5.10 Å². The monoisotopic (exact) mass is 501 g/mol. The first-order valence-electron chi connectivity index (χ1n) is 13.9. The maximum Gasteiger partial charge on any atom is 0.254 e. The quantitative estimate of drug-likeness (QED) is 0.364. The van der Waals surface area contributed by atoms with Gasteiger partial charge in [-0.25, -0.2) is 4.68 Å². The molecule has 0 bridgehead atoms. The average Bonchev–Trinajstić information content (AvgIpc) is 3.26. The van der Waals surface area contributed by atoms with Crippen LogP contribution in [0.3, 0.4) is 0 Å². The van der Waals surface area contributed by atoms with Crippen molar-refractivity contribution in [2.45, 2.75) is 54.0 Å². The molecule has 6 heteroatoms. The van der Waals surface area contributed by atoms with Gasteiger partial charge in [0.15, 0.2) is 0 Å². The number of likely N-dealkylation sites (N-methyl/N-ethyl adjacent to an activating group) is 1. The van der Waals surface area contributed by atoms with Gasteiger partial charge < -0.3 is 14.7 Å². The third-order valence-electron chi connectivity index (χ3n) is 7.50. The van der Waals surface area contributed by atoms with Gasteiger partial charge in [0, 0.05) is 43.9 Å². The van der Waals surface area contributed by atoms with E-state index < -0.39 is 0 Å². The first-order chi connectivity index (χ1) is 17.9. The highest BCUT2D eigenvalue weighted by Crippen LogP contribution is 2.30. The van der Waals surface area contributed by atoms with Crippen molar-refractivity contribution in [1.29, 1.82) is 0 Å². The molecule has 0 atom stereocenters. The van der Waals surface area contributed by atoms with Crippen LogP contribution >= 0.6 is 0 Å². The number of carbonyl (C=O) groups is 1. The predicted octanol–water partition coefficient (Wildman–Crippen LogP) is 5.57. The summed E-state index contributed by atoms with van der Waals surface area (Å²) in [6.07, 6.45) is 1.94. The van der Waals surface area contributed by atoms with Crippen molar-refractivity contribution in [3.05, 3.63) is 77.0 Å². The summed E-state index contributed by atoms with van der Waals surface area (Å²) < 4.78 is 2.09. The molecule has 37 heavy (non-hydrogen) atoms. The number of benzene rings is 2. The van der Waals surface area contributed by atoms with E-state index >= 15 is 0 Å². The van der Waals surface area contributed by atoms with Crippen molar-refractivity contribution in [1.82, 2.24) is 19.6 Å². The highest BCUT2D eigenvalue weighted by Gasteiger charge is 2.28. The number of hydrogen-bond acceptors (Lipinski definition) is 4. The Morgan fingerprint density at radius 2 is 1.65 bits per heavy atom. The van der Waals surface area contributed by atoms with Gasteiger partial charge in [-0.15, -0.1) is 0 Å². The molecule has 1 aliphatic rings. The van der Waals surface area contributed by atoms with Crippen molar-refractivity contribution >= 4 is 11.7 Å². The molecule has 1 amide bonds. The summed E-state index contributed by atoms with van der Waals surface area (Å²) in [7, 11) is 0. The molecular formula is C31H43N5O. The molecule has 1 aliphatic heterocycles. The molecule has 4 rings (SSSR count). The van der Waals surface area contributed by atoms with Gasteiger partial charge in [-0.3, -0.25) is 4.79 Å². The van der Waals surface area contributed by atoms with Gasteiger partial charge in [0.25, 0.3) is 5.91 Å². The molecule has 6 nitrogen and oxygen atoms in total. The summed E-state index contributed by atoms with van der Waals surface area (Å²) in [5, 5.41) is 5.02. The van der Waals surface area contributed by atoms with E-state index in [2.05, 4.69) is 85.5 Å². The van der Waals surface area contributed by atoms with Crippen LogP contribution in [0.1, 0.15) is 61.3 Å². The van der Waals surface area contributed by atoms with Crippen LogP contribution in [0.25, 0.3) is 5.69 Å². The van der Waals surface area contributed by atoms with Crippen molar-refractivity contribution in [2.24, 2.45) is 5.92 Å². The second-order valence-corrected chi connectivity index (χ2v) is 10.5. The molecule has 1 aromatic heterocycles. The van der Waals surface area contributed by atoms with Crippen molar-refractivity contribution in [2.75, 3.05) is 44.2 Å². The van der Waals surface area contributed by atoms with Gasteiger partial charge in [-0.05, 0) is 62.1 Å². The highest BCUT2D eigenvalue weighted by molar-refractivity contribution is 5.94. The highest BCUT2D eigenvalue weighted by atomic mass is 16.2. The van der Waals surface area contributed by atoms with E-state index in [-0.39, 0.29) is 5.91 Å². The fraction of sp³-hybridized carbons (Fsp3) is 0.484. The number of carbonyl (C=O) groups excluding carboxylic acids is 1. The second kappa shape index (κ2) is 12.4. The minimum atomic E-state index is 0.0944. The van der Waals surface area contributed by atoms with Crippen LogP contribution in [0.2, 0.25) is 0 Å². The first kappa shape index (κ1) is 26.9. The SMILES string of the molecule is CCc1ccc(C(=O)N(CCC(C)C)Cc2c(C)nn(-c3ccccc3)c2N2CCN(CC)CC2)cc1. The maximum atomic E-state index is 13.8. The van der Waals surface area contributed by atoms with Crippen LogP contribution in [0.4, 0.5) is 5.82 Å². The number of rotatable bonds is 10. The largest absolute Gasteiger partial charge is 0.354 e. The summed E-state index contributed by atoms with van der Waals surface area (Å²) in [6.45, 7) is 17.2. The number of para-hydroxylation sites is 1. The Morgan fingerprint density at radius 3 is 2.24 bits per heavy atom. The fourth-order valence-corrected chi connectivity index (χ4v) is 5.01. The third kappa shape index (κ3) is 6.42. The van der Waals surface area contributed by atoms with Crippen LogP contribution < -0.4 is 4.90 Å². The molecule has 198 valence electrons. The first-order valence-corrected chi connectivity index (χ1v) is 13.9. The van der Waals surface area contributed by atoms with E-state index in [0.29, 0.717) is 12.5 Å². The van der Waals surface area contributed by atoms with E-state index in [9.17, 15) is 4.79 Å². The molecular weight excluding hydrogens is 458 g/mol. The normalized spacial score (nSPS) is 14.4. The molecule has 0 unspecified atom stereocenters. The smallest absolute Gasteiger partial charge is 0.254 e. The number of aromatic nitrogens is 2. The lowest BCUT2D eigenvalue weighted by Crippen LogP contribution is -2.47. The summed E-state index contributed by atoms with van der Waals surface area (Å²) in [5.74, 6) is 1.74. The van der Waals surface area contributed by atoms with Gasteiger partial charge in [0.1, 0.15) is 5.82 Å². The van der Waals surface area contributed by atoms with Gasteiger partial charge in [-0.2, -0.15) is 5.10 Å². The third-order valence-corrected chi connectivity index (χ3v) is 7.50. The Labute approximate surface area is 222 Å². The average molecular weight is 502 g/mol. The van der Waals surface area contributed by atoms with Gasteiger partial charge in [-0.1, -0.05) is 58.0 Å². The molecule has 3 aromatic rings. The zero-order valence-corrected chi connectivity index (χ0v) is 23.3. The Hall–Kier alpha value is -3.12. The lowest BCUT2D eigenvalue weighted by Gasteiger charge is -2.36. The molecule has 0 radical (unpaired) electrons. The standard InChI is InChI=1S/C31H43N5O/c1-6-26-13-15-27(16-14-26)31(37)35(18-17-24(3)4)23-29-25(5)32-36(28-11-9-8-10-12-28)30(29)34-21-19-33(7-2)20-22-34/h8-16,24H,6-7,17-23H2,1-5H3. The van der Waals surface area contributed by atoms with E-state index in [1.807, 2.05) is 23.1 Å². The molecule has 2 heterocycles. The number of hydrogen-bond donors (Lipinski definition) is 0. The Morgan fingerprint density at radius 1 is 0.973 bits per heavy atom. The molecule has 0 saturated carbocycles. The van der Waals surface area contributed by atoms with Crippen LogP contribution in [-0.2, 0) is 13.0 Å². The van der Waals surface area contributed by atoms with E-state index in [1.54, 1.807) is 0 Å². The van der Waals surface area contributed by atoms with Crippen molar-refractivity contribution in [3.63, 3.8) is 0 Å². The number of aryl methyl sites for hydroxylation is 2. The molecule has 1 saturated heterocycles. The number of anilines is 1. The predicted molar refractivity (Wildman–Crippen MR) is 153 cm³/mol. The minimum absolute atomic E-state index is 0.0944. The maximum absolute atomic E-state index is 13.8. The Balaban J connectivity index is 1.71. The zero-order chi connectivity index (χ0) is 26.4. The van der Waals surface area contributed by atoms with Gasteiger partial charge in [0.05, 0.1) is 17.9 Å². The molecule has 2 aromatic carbocycles. The Kier molecular flexibility index (Phi) is 9.04. The molecule has 0 spiro atoms. The van der Waals surface area contributed by atoms with Gasteiger partial charge >= 0.3 is 0 Å². The molecule has 0 aliphatic carbocycles. The van der Waals surface area contributed by atoms with Crippen LogP contribution in [-0.4, -0.2) is 64.8 Å². The summed E-state index contributed by atoms with van der Waals surface area (Å²) in [6, 6.07) is 18.5. The van der Waals surface area contributed by atoms with Crippen molar-refractivity contribution < 1.29 is 4.79 Å². The molecule has 0 N–H and O–H groups in total. The van der Waals surface area contributed by atoms with Crippen molar-refractivity contribution in [3.8, 4) is 5.69 Å². The second-order valence-electron chi connectivity index (χ2n) is 10.5. The van der Waals surface area contributed by atoms with Crippen LogP contribution in [0, 0.1) is 12.8 Å². The van der Waals surface area contributed by atoms with Crippen LogP contribution in [0.5, 0.6) is 0 Å². The lowest BCUT2D eigenvalue weighted by molar-refractivity contribution is 0.0735. The fourth-order valence-electron chi connectivity index (χ4n) is 5.01. The number of piperazine rings is 1. The lowest BCUT2D eigenvalue weighted by atomic mass is 10.1. The Bertz CT molecular complexity index is 1140. The molecule has 1 fully saturated rings. The van der Waals surface area contributed by atoms with E-state index in [0.717, 1.165) is 80.4 Å². The summed E-state index contributed by atoms with van der Waals surface area (Å²) >= 11 is 0.